The van der Waals surface area contributed by atoms with Crippen molar-refractivity contribution in [3.63, 3.8) is 0 Å². The Labute approximate surface area is 99.6 Å². The van der Waals surface area contributed by atoms with Gasteiger partial charge in [0.15, 0.2) is 0 Å². The quantitative estimate of drug-likeness (QED) is 0.556. The van der Waals surface area contributed by atoms with E-state index in [4.69, 9.17) is 23.2 Å². The third kappa shape index (κ3) is 2.47. The molecule has 1 heterocycles. The summed E-state index contributed by atoms with van der Waals surface area (Å²) < 4.78 is 2.23. The maximum Gasteiger partial charge on any atom is 0.0495 e. The van der Waals surface area contributed by atoms with Crippen molar-refractivity contribution in [2.24, 2.45) is 0 Å². The number of aromatic nitrogens is 1. The number of rotatable bonds is 4. The number of fused-ring (bicyclic) bond motifs is 1. The summed E-state index contributed by atoms with van der Waals surface area (Å²) in [6.45, 7) is 1.01. The van der Waals surface area contributed by atoms with Crippen LogP contribution in [0.3, 0.4) is 0 Å². The van der Waals surface area contributed by atoms with E-state index >= 15 is 0 Å². The molecule has 0 amide bonds. The lowest BCUT2D eigenvalue weighted by molar-refractivity contribution is 0.652. The second-order valence-electron chi connectivity index (χ2n) is 3.61. The zero-order valence-corrected chi connectivity index (χ0v) is 9.93. The molecule has 0 aliphatic carbocycles. The Balaban J connectivity index is 2.23. The average Bonchev–Trinajstić information content (AvgIpc) is 2.62. The van der Waals surface area contributed by atoms with Crippen molar-refractivity contribution in [3.8, 4) is 0 Å². The summed E-state index contributed by atoms with van der Waals surface area (Å²) in [4.78, 5) is 0. The first-order valence-electron chi connectivity index (χ1n) is 5.11. The Morgan fingerprint density at radius 2 is 2.00 bits per heavy atom. The fourth-order valence-corrected chi connectivity index (χ4v) is 2.08. The molecule has 3 heteroatoms. The molecule has 1 aromatic carbocycles. The lowest BCUT2D eigenvalue weighted by Gasteiger charge is -2.04. The number of benzene rings is 1. The van der Waals surface area contributed by atoms with Gasteiger partial charge >= 0.3 is 0 Å². The summed E-state index contributed by atoms with van der Waals surface area (Å²) in [7, 11) is 0. The van der Waals surface area contributed by atoms with Crippen LogP contribution in [0.1, 0.15) is 12.8 Å². The monoisotopic (exact) mass is 241 g/mol. The van der Waals surface area contributed by atoms with Crippen molar-refractivity contribution < 1.29 is 0 Å². The Morgan fingerprint density at radius 1 is 1.13 bits per heavy atom. The SMILES string of the molecule is ClCCCCn1ccc2ccc(Cl)cc21. The molecule has 0 saturated heterocycles. The van der Waals surface area contributed by atoms with Crippen molar-refractivity contribution in [3.05, 3.63) is 35.5 Å². The van der Waals surface area contributed by atoms with Crippen LogP contribution in [-0.4, -0.2) is 10.4 Å². The molecule has 0 bridgehead atoms. The zero-order valence-electron chi connectivity index (χ0n) is 8.42. The molecule has 0 atom stereocenters. The highest BCUT2D eigenvalue weighted by atomic mass is 35.5. The van der Waals surface area contributed by atoms with Gasteiger partial charge in [0.05, 0.1) is 0 Å². The fourth-order valence-electron chi connectivity index (χ4n) is 1.73. The Bertz CT molecular complexity index is 448. The molecule has 15 heavy (non-hydrogen) atoms. The zero-order chi connectivity index (χ0) is 10.7. The lowest BCUT2D eigenvalue weighted by Crippen LogP contribution is -1.96. The van der Waals surface area contributed by atoms with E-state index in [-0.39, 0.29) is 0 Å². The van der Waals surface area contributed by atoms with E-state index in [0.29, 0.717) is 0 Å². The molecule has 0 spiro atoms. The predicted molar refractivity (Wildman–Crippen MR) is 66.9 cm³/mol. The van der Waals surface area contributed by atoms with Crippen molar-refractivity contribution in [2.45, 2.75) is 19.4 Å². The van der Waals surface area contributed by atoms with Gasteiger partial charge in [0, 0.05) is 29.2 Å². The molecule has 80 valence electrons. The number of hydrogen-bond donors (Lipinski definition) is 0. The second kappa shape index (κ2) is 4.91. The second-order valence-corrected chi connectivity index (χ2v) is 4.42. The van der Waals surface area contributed by atoms with Crippen LogP contribution < -0.4 is 0 Å². The third-order valence-corrected chi connectivity index (χ3v) is 3.02. The van der Waals surface area contributed by atoms with Gasteiger partial charge in [0.25, 0.3) is 0 Å². The highest BCUT2D eigenvalue weighted by molar-refractivity contribution is 6.31. The molecule has 0 N–H and O–H groups in total. The van der Waals surface area contributed by atoms with Crippen LogP contribution in [0.25, 0.3) is 10.9 Å². The first kappa shape index (κ1) is 10.8. The first-order valence-corrected chi connectivity index (χ1v) is 6.03. The van der Waals surface area contributed by atoms with Crippen molar-refractivity contribution in [1.82, 2.24) is 4.57 Å². The molecule has 1 nitrogen and oxygen atoms in total. The third-order valence-electron chi connectivity index (χ3n) is 2.52. The average molecular weight is 242 g/mol. The maximum atomic E-state index is 5.97. The molecular formula is C12H13Cl2N. The number of aryl methyl sites for hydroxylation is 1. The van der Waals surface area contributed by atoms with Crippen LogP contribution in [-0.2, 0) is 6.54 Å². The van der Waals surface area contributed by atoms with Gasteiger partial charge in [-0.2, -0.15) is 0 Å². The van der Waals surface area contributed by atoms with Crippen LogP contribution in [0.2, 0.25) is 5.02 Å². The summed E-state index contributed by atoms with van der Waals surface area (Å²) in [6.07, 6.45) is 4.27. The minimum absolute atomic E-state index is 0.736. The van der Waals surface area contributed by atoms with Crippen LogP contribution in [0.4, 0.5) is 0 Å². The molecule has 0 aliphatic rings. The minimum Gasteiger partial charge on any atom is -0.347 e. The standard InChI is InChI=1S/C12H13Cl2N/c13-6-1-2-7-15-8-5-10-3-4-11(14)9-12(10)15/h3-5,8-9H,1-2,6-7H2. The molecule has 0 radical (unpaired) electrons. The van der Waals surface area contributed by atoms with E-state index in [9.17, 15) is 0 Å². The number of unbranched alkanes of at least 4 members (excludes halogenated alkanes) is 1. The number of hydrogen-bond acceptors (Lipinski definition) is 0. The van der Waals surface area contributed by atoms with Crippen LogP contribution in [0.15, 0.2) is 30.5 Å². The summed E-state index contributed by atoms with van der Waals surface area (Å²) >= 11 is 11.6. The molecule has 0 unspecified atom stereocenters. The van der Waals surface area contributed by atoms with Crippen LogP contribution in [0, 0.1) is 0 Å². The molecule has 0 aliphatic heterocycles. The fraction of sp³-hybridized carbons (Fsp3) is 0.333. The summed E-state index contributed by atoms with van der Waals surface area (Å²) in [5.74, 6) is 0.736. The van der Waals surface area contributed by atoms with Crippen molar-refractivity contribution in [1.29, 1.82) is 0 Å². The smallest absolute Gasteiger partial charge is 0.0495 e. The number of halogens is 2. The van der Waals surface area contributed by atoms with Gasteiger partial charge in [-0.3, -0.25) is 0 Å². The Hall–Kier alpha value is -0.660. The summed E-state index contributed by atoms with van der Waals surface area (Å²) in [5, 5.41) is 2.03. The molecule has 2 rings (SSSR count). The van der Waals surface area contributed by atoms with Crippen LogP contribution in [0.5, 0.6) is 0 Å². The van der Waals surface area contributed by atoms with Gasteiger partial charge in [0.2, 0.25) is 0 Å². The van der Waals surface area contributed by atoms with Crippen molar-refractivity contribution in [2.75, 3.05) is 5.88 Å². The van der Waals surface area contributed by atoms with Gasteiger partial charge in [-0.25, -0.2) is 0 Å². The summed E-state index contributed by atoms with van der Waals surface area (Å²) in [5.41, 5.74) is 1.21. The predicted octanol–water partition coefficient (Wildman–Crippen LogP) is 4.31. The van der Waals surface area contributed by atoms with Gasteiger partial charge in [-0.15, -0.1) is 11.6 Å². The maximum absolute atomic E-state index is 5.97. The largest absolute Gasteiger partial charge is 0.347 e. The van der Waals surface area contributed by atoms with Crippen molar-refractivity contribution >= 4 is 34.1 Å². The van der Waals surface area contributed by atoms with Gasteiger partial charge in [-0.1, -0.05) is 17.7 Å². The van der Waals surface area contributed by atoms with E-state index < -0.39 is 0 Å². The first-order chi connectivity index (χ1) is 7.31. The topological polar surface area (TPSA) is 4.93 Å². The van der Waals surface area contributed by atoms with Gasteiger partial charge < -0.3 is 4.57 Å². The molecule has 0 fully saturated rings. The van der Waals surface area contributed by atoms with E-state index in [1.807, 2.05) is 12.1 Å². The van der Waals surface area contributed by atoms with E-state index in [2.05, 4.69) is 22.9 Å². The Morgan fingerprint density at radius 3 is 2.80 bits per heavy atom. The number of alkyl halides is 1. The van der Waals surface area contributed by atoms with E-state index in [1.54, 1.807) is 0 Å². The highest BCUT2D eigenvalue weighted by Crippen LogP contribution is 2.20. The molecule has 0 saturated carbocycles. The van der Waals surface area contributed by atoms with Gasteiger partial charge in [0.1, 0.15) is 0 Å². The van der Waals surface area contributed by atoms with Gasteiger partial charge in [-0.05, 0) is 36.4 Å². The summed E-state index contributed by atoms with van der Waals surface area (Å²) in [6, 6.07) is 8.10. The minimum atomic E-state index is 0.736. The lowest BCUT2D eigenvalue weighted by atomic mass is 10.2. The van der Waals surface area contributed by atoms with Crippen LogP contribution >= 0.6 is 23.2 Å². The molecule has 1 aromatic heterocycles. The highest BCUT2D eigenvalue weighted by Gasteiger charge is 2.00. The number of nitrogens with zero attached hydrogens (tertiary/aromatic N) is 1. The van der Waals surface area contributed by atoms with E-state index in [1.165, 1.54) is 10.9 Å². The van der Waals surface area contributed by atoms with E-state index in [0.717, 1.165) is 30.3 Å². The normalized spacial score (nSPS) is 11.1. The Kier molecular flexibility index (Phi) is 3.55. The molecular weight excluding hydrogens is 229 g/mol. The molecule has 2 aromatic rings.